The predicted octanol–water partition coefficient (Wildman–Crippen LogP) is 3.85. The molecular formula is C13H8ClN3. The number of aromatic amines is 2. The van der Waals surface area contributed by atoms with Crippen molar-refractivity contribution in [2.45, 2.75) is 0 Å². The molecule has 0 unspecified atom stereocenters. The number of rotatable bonds is 0. The van der Waals surface area contributed by atoms with Crippen molar-refractivity contribution in [3.63, 3.8) is 0 Å². The number of benzene rings is 2. The molecule has 4 aromatic rings. The Balaban J connectivity index is 2.33. The zero-order chi connectivity index (χ0) is 11.4. The van der Waals surface area contributed by atoms with Crippen molar-refractivity contribution in [2.75, 3.05) is 0 Å². The molecule has 0 aliphatic carbocycles. The van der Waals surface area contributed by atoms with Gasteiger partial charge in [-0.15, -0.1) is 0 Å². The van der Waals surface area contributed by atoms with Gasteiger partial charge in [-0.25, -0.2) is 0 Å². The fourth-order valence-corrected chi connectivity index (χ4v) is 2.52. The zero-order valence-corrected chi connectivity index (χ0v) is 9.55. The van der Waals surface area contributed by atoms with Crippen LogP contribution in [0.3, 0.4) is 0 Å². The highest BCUT2D eigenvalue weighted by Gasteiger charge is 2.08. The van der Waals surface area contributed by atoms with Gasteiger partial charge in [0.05, 0.1) is 17.2 Å². The fourth-order valence-electron chi connectivity index (χ4n) is 2.35. The topological polar surface area (TPSA) is 44.5 Å². The van der Waals surface area contributed by atoms with Crippen LogP contribution < -0.4 is 0 Å². The van der Waals surface area contributed by atoms with Gasteiger partial charge in [-0.05, 0) is 18.2 Å². The Labute approximate surface area is 101 Å². The van der Waals surface area contributed by atoms with Crippen molar-refractivity contribution in [1.82, 2.24) is 15.2 Å². The molecule has 3 nitrogen and oxygen atoms in total. The van der Waals surface area contributed by atoms with Crippen molar-refractivity contribution in [3.8, 4) is 0 Å². The summed E-state index contributed by atoms with van der Waals surface area (Å²) in [4.78, 5) is 3.40. The summed E-state index contributed by atoms with van der Waals surface area (Å²) in [6.45, 7) is 0. The quantitative estimate of drug-likeness (QED) is 0.483. The Morgan fingerprint density at radius 3 is 2.88 bits per heavy atom. The van der Waals surface area contributed by atoms with Gasteiger partial charge in [0.15, 0.2) is 0 Å². The lowest BCUT2D eigenvalue weighted by molar-refractivity contribution is 1.12. The Hall–Kier alpha value is -2.00. The SMILES string of the molecule is Clc1ccc2[nH]c3c(ccc4cn[nH]c43)c2c1. The summed E-state index contributed by atoms with van der Waals surface area (Å²) >= 11 is 6.04. The summed E-state index contributed by atoms with van der Waals surface area (Å²) in [6.07, 6.45) is 1.83. The Morgan fingerprint density at radius 2 is 1.94 bits per heavy atom. The molecule has 0 aliphatic heterocycles. The number of hydrogen-bond acceptors (Lipinski definition) is 1. The summed E-state index contributed by atoms with van der Waals surface area (Å²) in [5.74, 6) is 0. The second-order valence-corrected chi connectivity index (χ2v) is 4.57. The van der Waals surface area contributed by atoms with E-state index in [2.05, 4.69) is 27.3 Å². The van der Waals surface area contributed by atoms with Crippen LogP contribution in [-0.4, -0.2) is 15.2 Å². The van der Waals surface area contributed by atoms with Crippen molar-refractivity contribution in [3.05, 3.63) is 41.6 Å². The first-order valence-electron chi connectivity index (χ1n) is 5.36. The lowest BCUT2D eigenvalue weighted by atomic mass is 10.1. The van der Waals surface area contributed by atoms with Crippen molar-refractivity contribution in [1.29, 1.82) is 0 Å². The molecule has 4 heteroatoms. The highest BCUT2D eigenvalue weighted by molar-refractivity contribution is 6.32. The van der Waals surface area contributed by atoms with Crippen LogP contribution in [0.1, 0.15) is 0 Å². The molecule has 0 atom stereocenters. The maximum Gasteiger partial charge on any atom is 0.0891 e. The predicted molar refractivity (Wildman–Crippen MR) is 70.5 cm³/mol. The van der Waals surface area contributed by atoms with Crippen LogP contribution in [-0.2, 0) is 0 Å². The molecule has 0 radical (unpaired) electrons. The van der Waals surface area contributed by atoms with Crippen LogP contribution in [0, 0.1) is 0 Å². The molecule has 2 aromatic heterocycles. The highest BCUT2D eigenvalue weighted by Crippen LogP contribution is 2.31. The number of halogens is 1. The van der Waals surface area contributed by atoms with E-state index in [4.69, 9.17) is 11.6 Å². The number of fused-ring (bicyclic) bond motifs is 5. The van der Waals surface area contributed by atoms with E-state index in [1.165, 1.54) is 5.39 Å². The molecule has 4 rings (SSSR count). The molecule has 0 saturated carbocycles. The van der Waals surface area contributed by atoms with E-state index in [0.29, 0.717) is 0 Å². The molecule has 2 heterocycles. The maximum atomic E-state index is 6.04. The minimum absolute atomic E-state index is 0.753. The molecular weight excluding hydrogens is 234 g/mol. The van der Waals surface area contributed by atoms with E-state index in [0.717, 1.165) is 32.3 Å². The second kappa shape index (κ2) is 3.02. The van der Waals surface area contributed by atoms with Gasteiger partial charge in [0.1, 0.15) is 0 Å². The Bertz CT molecular complexity index is 857. The summed E-state index contributed by atoms with van der Waals surface area (Å²) in [5, 5.41) is 11.3. The van der Waals surface area contributed by atoms with Gasteiger partial charge in [-0.1, -0.05) is 23.7 Å². The van der Waals surface area contributed by atoms with Gasteiger partial charge in [0, 0.05) is 26.7 Å². The van der Waals surface area contributed by atoms with Crippen LogP contribution in [0.15, 0.2) is 36.5 Å². The fraction of sp³-hybridized carbons (Fsp3) is 0. The molecule has 0 aliphatic rings. The van der Waals surface area contributed by atoms with E-state index < -0.39 is 0 Å². The van der Waals surface area contributed by atoms with Crippen LogP contribution >= 0.6 is 11.6 Å². The summed E-state index contributed by atoms with van der Waals surface area (Å²) in [6, 6.07) is 10.0. The van der Waals surface area contributed by atoms with Crippen molar-refractivity contribution >= 4 is 44.3 Å². The lowest BCUT2D eigenvalue weighted by Gasteiger charge is -1.93. The molecule has 0 bridgehead atoms. The summed E-state index contributed by atoms with van der Waals surface area (Å²) < 4.78 is 0. The number of nitrogens with one attached hydrogen (secondary N) is 2. The standard InChI is InChI=1S/C13H8ClN3/c14-8-2-4-11-10(5-8)9-3-1-7-6-15-17-12(7)13(9)16-11/h1-6,16H,(H,15,17). The molecule has 2 N–H and O–H groups in total. The first kappa shape index (κ1) is 9.07. The molecule has 82 valence electrons. The summed E-state index contributed by atoms with van der Waals surface area (Å²) in [7, 11) is 0. The van der Waals surface area contributed by atoms with Crippen LogP contribution in [0.5, 0.6) is 0 Å². The highest BCUT2D eigenvalue weighted by atomic mass is 35.5. The molecule has 0 saturated heterocycles. The Kier molecular flexibility index (Phi) is 1.61. The monoisotopic (exact) mass is 241 g/mol. The van der Waals surface area contributed by atoms with Crippen molar-refractivity contribution in [2.24, 2.45) is 0 Å². The third-order valence-corrected chi connectivity index (χ3v) is 3.38. The molecule has 0 spiro atoms. The third kappa shape index (κ3) is 1.14. The minimum atomic E-state index is 0.753. The van der Waals surface area contributed by atoms with E-state index in [-0.39, 0.29) is 0 Å². The van der Waals surface area contributed by atoms with E-state index in [1.807, 2.05) is 24.4 Å². The van der Waals surface area contributed by atoms with Gasteiger partial charge in [0.2, 0.25) is 0 Å². The normalized spacial score (nSPS) is 11.8. The number of hydrogen-bond donors (Lipinski definition) is 2. The van der Waals surface area contributed by atoms with Crippen molar-refractivity contribution < 1.29 is 0 Å². The average molecular weight is 242 g/mol. The van der Waals surface area contributed by atoms with Gasteiger partial charge >= 0.3 is 0 Å². The maximum absolute atomic E-state index is 6.04. The van der Waals surface area contributed by atoms with Crippen LogP contribution in [0.2, 0.25) is 5.02 Å². The molecule has 0 amide bonds. The number of H-pyrrole nitrogens is 2. The minimum Gasteiger partial charge on any atom is -0.353 e. The Morgan fingerprint density at radius 1 is 1.00 bits per heavy atom. The number of aromatic nitrogens is 3. The van der Waals surface area contributed by atoms with E-state index in [1.54, 1.807) is 0 Å². The smallest absolute Gasteiger partial charge is 0.0891 e. The lowest BCUT2D eigenvalue weighted by Crippen LogP contribution is -1.72. The molecule has 0 fully saturated rings. The second-order valence-electron chi connectivity index (χ2n) is 4.14. The third-order valence-electron chi connectivity index (χ3n) is 3.15. The van der Waals surface area contributed by atoms with Gasteiger partial charge < -0.3 is 4.98 Å². The van der Waals surface area contributed by atoms with E-state index >= 15 is 0 Å². The number of nitrogens with zero attached hydrogens (tertiary/aromatic N) is 1. The first-order chi connectivity index (χ1) is 8.33. The largest absolute Gasteiger partial charge is 0.353 e. The van der Waals surface area contributed by atoms with Gasteiger partial charge in [0.25, 0.3) is 0 Å². The molecule has 17 heavy (non-hydrogen) atoms. The van der Waals surface area contributed by atoms with Gasteiger partial charge in [-0.3, -0.25) is 5.10 Å². The average Bonchev–Trinajstić information content (AvgIpc) is 2.91. The van der Waals surface area contributed by atoms with Crippen LogP contribution in [0.25, 0.3) is 32.7 Å². The zero-order valence-electron chi connectivity index (χ0n) is 8.79. The molecule has 2 aromatic carbocycles. The van der Waals surface area contributed by atoms with E-state index in [9.17, 15) is 0 Å². The first-order valence-corrected chi connectivity index (χ1v) is 5.74. The van der Waals surface area contributed by atoms with Gasteiger partial charge in [-0.2, -0.15) is 5.10 Å². The van der Waals surface area contributed by atoms with Crippen LogP contribution in [0.4, 0.5) is 0 Å². The summed E-state index contributed by atoms with van der Waals surface area (Å²) in [5.41, 5.74) is 3.21.